The Labute approximate surface area is 157 Å². The SMILES string of the molecule is O=C(Nc1cc(Cl)c([N+](=O)[O-])cc1Cl)C1(F)C(F)(F)C(F)(F)C(F)(F)C1(F)F. The van der Waals surface area contributed by atoms with Crippen molar-refractivity contribution in [2.45, 2.75) is 29.4 Å². The Morgan fingerprint density at radius 1 is 0.857 bits per heavy atom. The van der Waals surface area contributed by atoms with Gasteiger partial charge in [-0.15, -0.1) is 0 Å². The van der Waals surface area contributed by atoms with Crippen molar-refractivity contribution in [2.75, 3.05) is 5.32 Å². The van der Waals surface area contributed by atoms with Gasteiger partial charge in [0.1, 0.15) is 5.02 Å². The van der Waals surface area contributed by atoms with Crippen LogP contribution >= 0.6 is 23.2 Å². The van der Waals surface area contributed by atoms with Gasteiger partial charge in [0.25, 0.3) is 11.6 Å². The Balaban J connectivity index is 2.58. The number of nitrogens with one attached hydrogen (secondary N) is 1. The number of anilines is 1. The van der Waals surface area contributed by atoms with Gasteiger partial charge in [0.2, 0.25) is 0 Å². The van der Waals surface area contributed by atoms with Crippen LogP contribution in [-0.4, -0.2) is 40.2 Å². The number of halogens is 11. The lowest BCUT2D eigenvalue weighted by Crippen LogP contribution is -2.62. The molecule has 0 unspecified atom stereocenters. The molecule has 5 nitrogen and oxygen atoms in total. The van der Waals surface area contributed by atoms with Gasteiger partial charge in [-0.05, 0) is 6.07 Å². The molecule has 1 aromatic rings. The van der Waals surface area contributed by atoms with E-state index in [1.165, 1.54) is 0 Å². The standard InChI is InChI=1S/C12H3Cl2F9N2O3/c13-3-2-6(25(27)28)4(14)1-5(3)24-7(26)8(15)9(16,17)11(20,21)12(22,23)10(8,18)19/h1-2H,(H,24,26). The van der Waals surface area contributed by atoms with Crippen molar-refractivity contribution in [1.29, 1.82) is 0 Å². The molecule has 1 N–H and O–H groups in total. The minimum absolute atomic E-state index is 0.310. The lowest BCUT2D eigenvalue weighted by atomic mass is 9.95. The molecule has 1 aliphatic carbocycles. The highest BCUT2D eigenvalue weighted by Crippen LogP contribution is 2.69. The molecule has 0 heterocycles. The predicted molar refractivity (Wildman–Crippen MR) is 75.4 cm³/mol. The molecule has 2 rings (SSSR count). The second-order valence-electron chi connectivity index (χ2n) is 5.45. The van der Waals surface area contributed by atoms with Crippen molar-refractivity contribution in [1.82, 2.24) is 0 Å². The van der Waals surface area contributed by atoms with Crippen LogP contribution < -0.4 is 5.32 Å². The van der Waals surface area contributed by atoms with E-state index < -0.39 is 61.6 Å². The Bertz CT molecular complexity index is 852. The van der Waals surface area contributed by atoms with E-state index in [0.29, 0.717) is 12.1 Å². The van der Waals surface area contributed by atoms with Gasteiger partial charge >= 0.3 is 29.4 Å². The summed E-state index contributed by atoms with van der Waals surface area (Å²) in [6.07, 6.45) is 0. The van der Waals surface area contributed by atoms with E-state index in [0.717, 1.165) is 5.32 Å². The molecule has 0 aliphatic heterocycles. The van der Waals surface area contributed by atoms with Crippen LogP contribution in [0, 0.1) is 10.1 Å². The van der Waals surface area contributed by atoms with Crippen LogP contribution in [-0.2, 0) is 4.79 Å². The van der Waals surface area contributed by atoms with Gasteiger partial charge in [0.05, 0.1) is 15.6 Å². The maximum Gasteiger partial charge on any atom is 0.382 e. The molecule has 1 saturated carbocycles. The largest absolute Gasteiger partial charge is 0.382 e. The first-order chi connectivity index (χ1) is 12.4. The Kier molecular flexibility index (Phi) is 4.80. The smallest absolute Gasteiger partial charge is 0.321 e. The second-order valence-corrected chi connectivity index (χ2v) is 6.27. The van der Waals surface area contributed by atoms with Crippen molar-refractivity contribution in [2.24, 2.45) is 0 Å². The summed E-state index contributed by atoms with van der Waals surface area (Å²) in [6.45, 7) is 0. The summed E-state index contributed by atoms with van der Waals surface area (Å²) in [7, 11) is 0. The highest BCUT2D eigenvalue weighted by Gasteiger charge is 3.02. The summed E-state index contributed by atoms with van der Waals surface area (Å²) in [4.78, 5) is 21.2. The summed E-state index contributed by atoms with van der Waals surface area (Å²) in [5, 5.41) is 9.73. The highest BCUT2D eigenvalue weighted by atomic mass is 35.5. The number of benzene rings is 1. The molecule has 0 radical (unpaired) electrons. The van der Waals surface area contributed by atoms with Gasteiger partial charge in [-0.1, -0.05) is 23.2 Å². The number of nitro benzene ring substituents is 1. The van der Waals surface area contributed by atoms with Gasteiger partial charge < -0.3 is 5.32 Å². The molecular weight excluding hydrogens is 462 g/mol. The molecule has 0 spiro atoms. The molecule has 0 saturated heterocycles. The first-order valence-electron chi connectivity index (χ1n) is 6.53. The fraction of sp³-hybridized carbons (Fsp3) is 0.417. The quantitative estimate of drug-likeness (QED) is 0.384. The fourth-order valence-electron chi connectivity index (χ4n) is 2.29. The third-order valence-electron chi connectivity index (χ3n) is 3.84. The van der Waals surface area contributed by atoms with Crippen LogP contribution in [0.1, 0.15) is 0 Å². The predicted octanol–water partition coefficient (Wildman–Crippen LogP) is 5.10. The number of alkyl halides is 9. The van der Waals surface area contributed by atoms with Crippen molar-refractivity contribution >= 4 is 40.5 Å². The number of nitrogens with zero attached hydrogens (tertiary/aromatic N) is 1. The summed E-state index contributed by atoms with van der Waals surface area (Å²) in [6, 6.07) is 0.684. The average Bonchev–Trinajstić information content (AvgIpc) is 2.59. The lowest BCUT2D eigenvalue weighted by molar-refractivity contribution is -0.384. The van der Waals surface area contributed by atoms with E-state index in [-0.39, 0.29) is 0 Å². The summed E-state index contributed by atoms with van der Waals surface area (Å²) >= 11 is 10.8. The number of rotatable bonds is 3. The topological polar surface area (TPSA) is 72.2 Å². The van der Waals surface area contributed by atoms with Crippen molar-refractivity contribution in [3.63, 3.8) is 0 Å². The molecule has 28 heavy (non-hydrogen) atoms. The Hall–Kier alpha value is -1.96. The number of hydrogen-bond acceptors (Lipinski definition) is 3. The number of carbonyl (C=O) groups is 1. The molecular formula is C12H3Cl2F9N2O3. The molecule has 1 aliphatic rings. The maximum absolute atomic E-state index is 14.3. The van der Waals surface area contributed by atoms with E-state index in [1.807, 2.05) is 0 Å². The van der Waals surface area contributed by atoms with Crippen molar-refractivity contribution < 1.29 is 49.2 Å². The molecule has 156 valence electrons. The fourth-order valence-corrected chi connectivity index (χ4v) is 2.73. The zero-order valence-electron chi connectivity index (χ0n) is 12.5. The molecule has 1 amide bonds. The second kappa shape index (κ2) is 6.02. The van der Waals surface area contributed by atoms with Crippen LogP contribution in [0.2, 0.25) is 10.0 Å². The number of nitro groups is 1. The number of carbonyl (C=O) groups excluding carboxylic acids is 1. The monoisotopic (exact) mass is 464 g/mol. The van der Waals surface area contributed by atoms with Crippen LogP contribution in [0.3, 0.4) is 0 Å². The zero-order valence-corrected chi connectivity index (χ0v) is 14.0. The van der Waals surface area contributed by atoms with Gasteiger partial charge in [0.15, 0.2) is 0 Å². The van der Waals surface area contributed by atoms with E-state index in [4.69, 9.17) is 23.2 Å². The van der Waals surface area contributed by atoms with E-state index in [1.54, 1.807) is 0 Å². The lowest BCUT2D eigenvalue weighted by Gasteiger charge is -2.29. The Morgan fingerprint density at radius 2 is 1.29 bits per heavy atom. The van der Waals surface area contributed by atoms with Gasteiger partial charge in [0, 0.05) is 6.07 Å². The van der Waals surface area contributed by atoms with E-state index >= 15 is 0 Å². The highest BCUT2D eigenvalue weighted by molar-refractivity contribution is 6.37. The maximum atomic E-state index is 14.3. The number of hydrogen-bond donors (Lipinski definition) is 1. The Morgan fingerprint density at radius 3 is 1.68 bits per heavy atom. The normalized spacial score (nSPS) is 23.2. The molecule has 1 fully saturated rings. The van der Waals surface area contributed by atoms with E-state index in [2.05, 4.69) is 0 Å². The molecule has 0 bridgehead atoms. The third kappa shape index (κ3) is 2.39. The van der Waals surface area contributed by atoms with Crippen LogP contribution in [0.5, 0.6) is 0 Å². The van der Waals surface area contributed by atoms with Crippen molar-refractivity contribution in [3.8, 4) is 0 Å². The van der Waals surface area contributed by atoms with Crippen LogP contribution in [0.15, 0.2) is 12.1 Å². The minimum Gasteiger partial charge on any atom is -0.321 e. The summed E-state index contributed by atoms with van der Waals surface area (Å²) in [5.41, 5.74) is -8.46. The minimum atomic E-state index is -6.94. The number of amides is 1. The van der Waals surface area contributed by atoms with Gasteiger partial charge in [-0.2, -0.15) is 35.1 Å². The van der Waals surface area contributed by atoms with Crippen LogP contribution in [0.4, 0.5) is 50.9 Å². The van der Waals surface area contributed by atoms with Gasteiger partial charge in [-0.25, -0.2) is 4.39 Å². The van der Waals surface area contributed by atoms with Crippen LogP contribution in [0.25, 0.3) is 0 Å². The average molecular weight is 465 g/mol. The third-order valence-corrected chi connectivity index (χ3v) is 4.46. The first-order valence-corrected chi connectivity index (χ1v) is 7.28. The molecule has 0 atom stereocenters. The van der Waals surface area contributed by atoms with E-state index in [9.17, 15) is 54.4 Å². The van der Waals surface area contributed by atoms with Gasteiger partial charge in [-0.3, -0.25) is 14.9 Å². The molecule has 0 aromatic heterocycles. The first kappa shape index (κ1) is 22.3. The molecule has 1 aromatic carbocycles. The summed E-state index contributed by atoms with van der Waals surface area (Å²) < 4.78 is 121. The molecule has 16 heteroatoms. The zero-order chi connectivity index (χ0) is 22.1. The summed E-state index contributed by atoms with van der Waals surface area (Å²) in [5.74, 6) is -30.9. The van der Waals surface area contributed by atoms with Crippen molar-refractivity contribution in [3.05, 3.63) is 32.3 Å².